The fraction of sp³-hybridized carbons (Fsp3) is 0.0667. The lowest BCUT2D eigenvalue weighted by Gasteiger charge is -2.09. The van der Waals surface area contributed by atoms with Gasteiger partial charge in [-0.3, -0.25) is 9.89 Å². The molecule has 0 aliphatic heterocycles. The Hall–Kier alpha value is -1.86. The Morgan fingerprint density at radius 1 is 1.00 bits per heavy atom. The molecule has 0 aliphatic rings. The highest BCUT2D eigenvalue weighted by atomic mass is 35.5. The molecule has 1 aromatic carbocycles. The second-order valence-corrected chi connectivity index (χ2v) is 6.46. The summed E-state index contributed by atoms with van der Waals surface area (Å²) < 4.78 is 0. The molecule has 2 heterocycles. The maximum atomic E-state index is 12.4. The van der Waals surface area contributed by atoms with E-state index >= 15 is 0 Å². The van der Waals surface area contributed by atoms with Crippen LogP contribution in [0.25, 0.3) is 11.4 Å². The Morgan fingerprint density at radius 2 is 1.68 bits per heavy atom. The number of aromatic nitrogens is 4. The van der Waals surface area contributed by atoms with Crippen molar-refractivity contribution in [3.05, 3.63) is 56.0 Å². The minimum Gasteiger partial charge on any atom is -0.321 e. The summed E-state index contributed by atoms with van der Waals surface area (Å²) in [4.78, 5) is 20.5. The van der Waals surface area contributed by atoms with Crippen molar-refractivity contribution in [1.82, 2.24) is 20.2 Å². The highest BCUT2D eigenvalue weighted by Crippen LogP contribution is 2.36. The van der Waals surface area contributed by atoms with E-state index in [9.17, 15) is 4.79 Å². The van der Waals surface area contributed by atoms with Crippen molar-refractivity contribution in [3.8, 4) is 11.4 Å². The molecular formula is C15H9Cl4N5O. The van der Waals surface area contributed by atoms with Crippen LogP contribution in [-0.4, -0.2) is 26.1 Å². The predicted octanol–water partition coefficient (Wildman–Crippen LogP) is 5.04. The van der Waals surface area contributed by atoms with Gasteiger partial charge in [0.25, 0.3) is 5.91 Å². The number of carbonyl (C=O) groups excluding carboxylic acids is 1. The molecule has 3 rings (SSSR count). The van der Waals surface area contributed by atoms with Crippen molar-refractivity contribution in [2.45, 2.75) is 6.92 Å². The molecule has 0 bridgehead atoms. The predicted molar refractivity (Wildman–Crippen MR) is 98.8 cm³/mol. The molecule has 0 unspecified atom stereocenters. The van der Waals surface area contributed by atoms with E-state index in [4.69, 9.17) is 46.4 Å². The van der Waals surface area contributed by atoms with Gasteiger partial charge in [0.05, 0.1) is 15.1 Å². The number of nitrogens with one attached hydrogen (secondary N) is 2. The van der Waals surface area contributed by atoms with Crippen LogP contribution in [0.4, 0.5) is 5.69 Å². The van der Waals surface area contributed by atoms with Crippen LogP contribution in [0.5, 0.6) is 0 Å². The zero-order valence-electron chi connectivity index (χ0n) is 12.6. The first-order valence-corrected chi connectivity index (χ1v) is 8.38. The van der Waals surface area contributed by atoms with Gasteiger partial charge in [0.15, 0.2) is 5.82 Å². The van der Waals surface area contributed by atoms with E-state index in [1.165, 1.54) is 0 Å². The summed E-state index contributed by atoms with van der Waals surface area (Å²) in [5.74, 6) is 0.716. The van der Waals surface area contributed by atoms with E-state index in [0.29, 0.717) is 17.3 Å². The van der Waals surface area contributed by atoms with Crippen LogP contribution in [0, 0.1) is 6.92 Å². The van der Waals surface area contributed by atoms with Crippen molar-refractivity contribution in [2.75, 3.05) is 5.32 Å². The molecule has 0 saturated carbocycles. The molecule has 0 aliphatic carbocycles. The maximum absolute atomic E-state index is 12.4. The van der Waals surface area contributed by atoms with Gasteiger partial charge in [-0.2, -0.15) is 5.10 Å². The highest BCUT2D eigenvalue weighted by molar-refractivity contribution is 6.52. The van der Waals surface area contributed by atoms with Crippen molar-refractivity contribution in [3.63, 3.8) is 0 Å². The molecule has 0 radical (unpaired) electrons. The molecule has 128 valence electrons. The first-order chi connectivity index (χ1) is 11.9. The molecule has 0 atom stereocenters. The number of rotatable bonds is 3. The number of nitrogens with zero attached hydrogens (tertiary/aromatic N) is 3. The van der Waals surface area contributed by atoms with Crippen LogP contribution < -0.4 is 5.32 Å². The third-order valence-electron chi connectivity index (χ3n) is 3.20. The minimum atomic E-state index is -0.563. The standard InChI is InChI=1S/C15H9Cl4N5O/c1-6-20-14(24-23-6)7-2-4-8(5-3-7)21-15(25)12-10(17)9(16)11(18)13(19)22-12/h2-5H,1H3,(H,21,25)(H,20,23,24). The number of aromatic amines is 1. The van der Waals surface area contributed by atoms with Crippen molar-refractivity contribution in [2.24, 2.45) is 0 Å². The minimum absolute atomic E-state index is 0.00367. The van der Waals surface area contributed by atoms with Crippen molar-refractivity contribution in [1.29, 1.82) is 0 Å². The van der Waals surface area contributed by atoms with Crippen molar-refractivity contribution >= 4 is 58.0 Å². The smallest absolute Gasteiger partial charge is 0.275 e. The first kappa shape index (κ1) is 17.9. The number of pyridine rings is 1. The summed E-state index contributed by atoms with van der Waals surface area (Å²) in [6, 6.07) is 6.95. The highest BCUT2D eigenvalue weighted by Gasteiger charge is 2.20. The average molecular weight is 417 g/mol. The van der Waals surface area contributed by atoms with Gasteiger partial charge in [-0.15, -0.1) is 0 Å². The van der Waals surface area contributed by atoms with E-state index in [-0.39, 0.29) is 25.9 Å². The molecule has 6 nitrogen and oxygen atoms in total. The second kappa shape index (κ2) is 7.17. The van der Waals surface area contributed by atoms with E-state index in [2.05, 4.69) is 25.5 Å². The van der Waals surface area contributed by atoms with E-state index < -0.39 is 5.91 Å². The second-order valence-electron chi connectivity index (χ2n) is 4.97. The van der Waals surface area contributed by atoms with Gasteiger partial charge in [0.2, 0.25) is 0 Å². The molecule has 0 saturated heterocycles. The molecule has 2 aromatic heterocycles. The average Bonchev–Trinajstić information content (AvgIpc) is 3.03. The van der Waals surface area contributed by atoms with Gasteiger partial charge >= 0.3 is 0 Å². The third-order valence-corrected chi connectivity index (χ3v) is 4.88. The number of H-pyrrole nitrogens is 1. The molecule has 1 amide bonds. The fourth-order valence-corrected chi connectivity index (χ4v) is 2.82. The zero-order chi connectivity index (χ0) is 18.1. The normalized spacial score (nSPS) is 10.8. The SMILES string of the molecule is Cc1nc(-c2ccc(NC(=O)c3nc(Cl)c(Cl)c(Cl)c3Cl)cc2)n[nH]1. The fourth-order valence-electron chi connectivity index (χ4n) is 2.00. The number of hydrogen-bond acceptors (Lipinski definition) is 4. The number of anilines is 1. The number of amides is 1. The summed E-state index contributed by atoms with van der Waals surface area (Å²) in [6.07, 6.45) is 0. The van der Waals surface area contributed by atoms with Crippen LogP contribution in [-0.2, 0) is 0 Å². The van der Waals surface area contributed by atoms with Gasteiger partial charge in [0, 0.05) is 11.3 Å². The summed E-state index contributed by atoms with van der Waals surface area (Å²) >= 11 is 23.6. The van der Waals surface area contributed by atoms with E-state index in [0.717, 1.165) is 5.56 Å². The van der Waals surface area contributed by atoms with Crippen LogP contribution in [0.2, 0.25) is 20.2 Å². The lowest BCUT2D eigenvalue weighted by Crippen LogP contribution is -2.14. The zero-order valence-corrected chi connectivity index (χ0v) is 15.6. The quantitative estimate of drug-likeness (QED) is 0.585. The number of benzene rings is 1. The summed E-state index contributed by atoms with van der Waals surface area (Å²) in [5, 5.41) is 9.30. The van der Waals surface area contributed by atoms with Gasteiger partial charge < -0.3 is 5.32 Å². The molecule has 3 aromatic rings. The number of carbonyl (C=O) groups is 1. The first-order valence-electron chi connectivity index (χ1n) is 6.87. The maximum Gasteiger partial charge on any atom is 0.275 e. The molecule has 0 spiro atoms. The molecular weight excluding hydrogens is 408 g/mol. The van der Waals surface area contributed by atoms with Crippen LogP contribution in [0.15, 0.2) is 24.3 Å². The number of aryl methyl sites for hydroxylation is 1. The third kappa shape index (κ3) is 3.72. The van der Waals surface area contributed by atoms with Crippen molar-refractivity contribution < 1.29 is 4.79 Å². The lowest BCUT2D eigenvalue weighted by atomic mass is 10.2. The van der Waals surface area contributed by atoms with E-state index in [1.54, 1.807) is 24.3 Å². The van der Waals surface area contributed by atoms with Crippen LogP contribution in [0.1, 0.15) is 16.3 Å². The van der Waals surface area contributed by atoms with Gasteiger partial charge in [0.1, 0.15) is 16.7 Å². The number of halogens is 4. The largest absolute Gasteiger partial charge is 0.321 e. The molecule has 2 N–H and O–H groups in total. The lowest BCUT2D eigenvalue weighted by molar-refractivity contribution is 0.102. The Kier molecular flexibility index (Phi) is 5.15. The molecule has 10 heteroatoms. The summed E-state index contributed by atoms with van der Waals surface area (Å²) in [5.41, 5.74) is 1.21. The van der Waals surface area contributed by atoms with Gasteiger partial charge in [-0.25, -0.2) is 9.97 Å². The Labute approximate surface area is 162 Å². The molecule has 25 heavy (non-hydrogen) atoms. The summed E-state index contributed by atoms with van der Waals surface area (Å²) in [6.45, 7) is 1.81. The number of hydrogen-bond donors (Lipinski definition) is 2. The monoisotopic (exact) mass is 415 g/mol. The Bertz CT molecular complexity index is 955. The molecule has 0 fully saturated rings. The van der Waals surface area contributed by atoms with Crippen LogP contribution >= 0.6 is 46.4 Å². The topological polar surface area (TPSA) is 83.6 Å². The van der Waals surface area contributed by atoms with Crippen LogP contribution in [0.3, 0.4) is 0 Å². The summed E-state index contributed by atoms with van der Waals surface area (Å²) in [7, 11) is 0. The Morgan fingerprint density at radius 3 is 2.28 bits per heavy atom. The van der Waals surface area contributed by atoms with Gasteiger partial charge in [-0.05, 0) is 31.2 Å². The Balaban J connectivity index is 1.82. The van der Waals surface area contributed by atoms with Gasteiger partial charge in [-0.1, -0.05) is 46.4 Å². The van der Waals surface area contributed by atoms with E-state index in [1.807, 2.05) is 6.92 Å².